The number of rotatable bonds is 4. The van der Waals surface area contributed by atoms with Gasteiger partial charge in [-0.1, -0.05) is 46.3 Å². The van der Waals surface area contributed by atoms with Crippen molar-refractivity contribution in [2.75, 3.05) is 13.1 Å². The van der Waals surface area contributed by atoms with Crippen LogP contribution in [0.25, 0.3) is 5.69 Å². The van der Waals surface area contributed by atoms with Gasteiger partial charge in [-0.15, -0.1) is 0 Å². The number of hydrogen-bond donors (Lipinski definition) is 0. The maximum Gasteiger partial charge on any atom is 0.0759 e. The minimum absolute atomic E-state index is 0.302. The van der Waals surface area contributed by atoms with Gasteiger partial charge >= 0.3 is 0 Å². The zero-order chi connectivity index (χ0) is 16.4. The number of hydrogen-bond acceptors (Lipinski definition) is 1. The molecule has 0 N–H and O–H groups in total. The molecule has 1 aliphatic rings. The third-order valence-corrected chi connectivity index (χ3v) is 5.32. The topological polar surface area (TPSA) is 8.17 Å². The highest BCUT2D eigenvalue weighted by Gasteiger charge is 2.27. The molecular weight excluding hydrogens is 360 g/mol. The van der Waals surface area contributed by atoms with E-state index in [-0.39, 0.29) is 0 Å². The average molecular weight is 381 g/mol. The van der Waals surface area contributed by atoms with E-state index in [1.807, 2.05) is 0 Å². The lowest BCUT2D eigenvalue weighted by atomic mass is 10.0. The van der Waals surface area contributed by atoms with Gasteiger partial charge in [0.05, 0.1) is 6.04 Å². The fourth-order valence-corrected chi connectivity index (χ4v) is 3.92. The molecule has 4 rings (SSSR count). The molecule has 0 bridgehead atoms. The molecule has 0 spiro atoms. The van der Waals surface area contributed by atoms with Gasteiger partial charge in [0.2, 0.25) is 0 Å². The predicted octanol–water partition coefficient (Wildman–Crippen LogP) is 5.43. The van der Waals surface area contributed by atoms with Crippen LogP contribution in [-0.4, -0.2) is 22.6 Å². The molecule has 1 aromatic heterocycles. The third-order valence-electron chi connectivity index (χ3n) is 4.79. The van der Waals surface area contributed by atoms with E-state index < -0.39 is 0 Å². The summed E-state index contributed by atoms with van der Waals surface area (Å²) < 4.78 is 3.45. The third kappa shape index (κ3) is 3.06. The molecule has 3 heteroatoms. The van der Waals surface area contributed by atoms with Crippen LogP contribution in [-0.2, 0) is 0 Å². The fourth-order valence-electron chi connectivity index (χ4n) is 3.65. The highest BCUT2D eigenvalue weighted by atomic mass is 79.9. The molecule has 0 saturated carbocycles. The normalized spacial score (nSPS) is 16.4. The number of nitrogens with zero attached hydrogens (tertiary/aromatic N) is 2. The van der Waals surface area contributed by atoms with Crippen molar-refractivity contribution < 1.29 is 0 Å². The molecule has 2 nitrogen and oxygen atoms in total. The molecule has 0 amide bonds. The lowest BCUT2D eigenvalue weighted by molar-refractivity contribution is 0.274. The summed E-state index contributed by atoms with van der Waals surface area (Å²) in [5, 5.41) is 0. The molecule has 122 valence electrons. The molecular formula is C21H21BrN2. The van der Waals surface area contributed by atoms with Gasteiger partial charge in [-0.2, -0.15) is 0 Å². The number of para-hydroxylation sites is 1. The Balaban J connectivity index is 1.80. The minimum Gasteiger partial charge on any atom is -0.319 e. The molecule has 1 saturated heterocycles. The first-order valence-corrected chi connectivity index (χ1v) is 9.34. The van der Waals surface area contributed by atoms with Crippen LogP contribution in [0.4, 0.5) is 0 Å². The fraction of sp³-hybridized carbons (Fsp3) is 0.238. The van der Waals surface area contributed by atoms with Gasteiger partial charge in [0.15, 0.2) is 0 Å². The lowest BCUT2D eigenvalue weighted by Gasteiger charge is -2.29. The smallest absolute Gasteiger partial charge is 0.0759 e. The van der Waals surface area contributed by atoms with Crippen molar-refractivity contribution in [1.29, 1.82) is 0 Å². The number of benzene rings is 2. The number of aromatic nitrogens is 1. The first-order chi connectivity index (χ1) is 11.8. The Morgan fingerprint density at radius 1 is 0.792 bits per heavy atom. The van der Waals surface area contributed by atoms with E-state index in [0.29, 0.717) is 6.04 Å². The summed E-state index contributed by atoms with van der Waals surface area (Å²) in [6.07, 6.45) is 4.75. The number of halogens is 1. The highest BCUT2D eigenvalue weighted by Crippen LogP contribution is 2.33. The van der Waals surface area contributed by atoms with Gasteiger partial charge < -0.3 is 4.57 Å². The molecule has 24 heavy (non-hydrogen) atoms. The van der Waals surface area contributed by atoms with Crippen molar-refractivity contribution in [1.82, 2.24) is 9.47 Å². The van der Waals surface area contributed by atoms with Crippen LogP contribution in [0, 0.1) is 0 Å². The maximum atomic E-state index is 3.56. The second kappa shape index (κ2) is 6.96. The molecule has 0 radical (unpaired) electrons. The van der Waals surface area contributed by atoms with E-state index in [9.17, 15) is 0 Å². The van der Waals surface area contributed by atoms with Crippen LogP contribution >= 0.6 is 15.9 Å². The Morgan fingerprint density at radius 2 is 1.50 bits per heavy atom. The van der Waals surface area contributed by atoms with Crippen LogP contribution < -0.4 is 0 Å². The minimum atomic E-state index is 0.302. The second-order valence-electron chi connectivity index (χ2n) is 6.34. The first kappa shape index (κ1) is 15.7. The average Bonchev–Trinajstić information content (AvgIpc) is 3.30. The van der Waals surface area contributed by atoms with Crippen molar-refractivity contribution in [2.24, 2.45) is 0 Å². The van der Waals surface area contributed by atoms with Gasteiger partial charge in [0.1, 0.15) is 0 Å². The largest absolute Gasteiger partial charge is 0.319 e. The predicted molar refractivity (Wildman–Crippen MR) is 103 cm³/mol. The summed E-state index contributed by atoms with van der Waals surface area (Å²) in [5.74, 6) is 0. The molecule has 1 unspecified atom stereocenters. The molecule has 1 fully saturated rings. The lowest BCUT2D eigenvalue weighted by Crippen LogP contribution is -2.28. The van der Waals surface area contributed by atoms with Gasteiger partial charge in [-0.25, -0.2) is 0 Å². The van der Waals surface area contributed by atoms with Crippen molar-refractivity contribution >= 4 is 15.9 Å². The zero-order valence-electron chi connectivity index (χ0n) is 13.6. The Bertz CT molecular complexity index is 786. The van der Waals surface area contributed by atoms with Gasteiger partial charge in [0.25, 0.3) is 0 Å². The Labute approximate surface area is 151 Å². The van der Waals surface area contributed by atoms with Crippen molar-refractivity contribution in [2.45, 2.75) is 18.9 Å². The van der Waals surface area contributed by atoms with Crippen LogP contribution in [0.15, 0.2) is 77.4 Å². The number of likely N-dealkylation sites (tertiary alicyclic amines) is 1. The van der Waals surface area contributed by atoms with Crippen molar-refractivity contribution in [3.8, 4) is 5.69 Å². The van der Waals surface area contributed by atoms with Crippen molar-refractivity contribution in [3.05, 3.63) is 88.7 Å². The summed E-state index contributed by atoms with van der Waals surface area (Å²) >= 11 is 3.56. The van der Waals surface area contributed by atoms with E-state index in [0.717, 1.165) is 4.47 Å². The van der Waals surface area contributed by atoms with E-state index in [2.05, 4.69) is 98.3 Å². The quantitative estimate of drug-likeness (QED) is 0.586. The Morgan fingerprint density at radius 3 is 2.21 bits per heavy atom. The second-order valence-corrected chi connectivity index (χ2v) is 7.25. The monoisotopic (exact) mass is 380 g/mol. The Hall–Kier alpha value is -1.84. The summed E-state index contributed by atoms with van der Waals surface area (Å²) in [7, 11) is 0. The highest BCUT2D eigenvalue weighted by molar-refractivity contribution is 9.10. The van der Waals surface area contributed by atoms with Crippen LogP contribution in [0.1, 0.15) is 30.1 Å². The standard InChI is InChI=1S/C21H21BrN2/c22-18-12-10-17(11-13-18)21(23-14-4-5-15-23)20-9-6-16-24(20)19-7-2-1-3-8-19/h1-3,6-13,16,21H,4-5,14-15H2. The zero-order valence-corrected chi connectivity index (χ0v) is 15.2. The first-order valence-electron chi connectivity index (χ1n) is 8.55. The van der Waals surface area contributed by atoms with Gasteiger partial charge in [-0.3, -0.25) is 4.90 Å². The van der Waals surface area contributed by atoms with Crippen molar-refractivity contribution in [3.63, 3.8) is 0 Å². The van der Waals surface area contributed by atoms with Crippen LogP contribution in [0.2, 0.25) is 0 Å². The molecule has 3 aromatic rings. The van der Waals surface area contributed by atoms with E-state index in [1.165, 1.54) is 42.9 Å². The molecule has 2 aromatic carbocycles. The molecule has 1 aliphatic heterocycles. The summed E-state index contributed by atoms with van der Waals surface area (Å²) in [5.41, 5.74) is 3.92. The van der Waals surface area contributed by atoms with E-state index >= 15 is 0 Å². The maximum absolute atomic E-state index is 3.56. The van der Waals surface area contributed by atoms with E-state index in [4.69, 9.17) is 0 Å². The van der Waals surface area contributed by atoms with Crippen LogP contribution in [0.5, 0.6) is 0 Å². The van der Waals surface area contributed by atoms with Gasteiger partial charge in [0, 0.05) is 22.1 Å². The van der Waals surface area contributed by atoms with Crippen LogP contribution in [0.3, 0.4) is 0 Å². The molecule has 1 atom stereocenters. The summed E-state index contributed by atoms with van der Waals surface area (Å²) in [4.78, 5) is 2.61. The summed E-state index contributed by atoms with van der Waals surface area (Å²) in [6.45, 7) is 2.33. The van der Waals surface area contributed by atoms with E-state index in [1.54, 1.807) is 0 Å². The molecule has 2 heterocycles. The summed E-state index contributed by atoms with van der Waals surface area (Å²) in [6, 6.07) is 24.1. The van der Waals surface area contributed by atoms with Gasteiger partial charge in [-0.05, 0) is 67.9 Å². The SMILES string of the molecule is Brc1ccc(C(c2cccn2-c2ccccc2)N2CCCC2)cc1. The Kier molecular flexibility index (Phi) is 4.54. The molecule has 0 aliphatic carbocycles.